The molecule has 2 aliphatic rings. The number of fused-ring (bicyclic) bond motifs is 1. The summed E-state index contributed by atoms with van der Waals surface area (Å²) in [7, 11) is 1.53. The highest BCUT2D eigenvalue weighted by atomic mass is 16.5. The molecule has 7 heteroatoms. The number of carbonyl (C=O) groups excluding carboxylic acids is 3. The second kappa shape index (κ2) is 8.67. The Morgan fingerprint density at radius 1 is 1.00 bits per heavy atom. The molecule has 0 unspecified atom stereocenters. The maximum atomic E-state index is 12.9. The van der Waals surface area contributed by atoms with Crippen LogP contribution in [0.2, 0.25) is 0 Å². The number of nitrogens with one attached hydrogen (secondary N) is 1. The number of benzene rings is 2. The predicted molar refractivity (Wildman–Crippen MR) is 113 cm³/mol. The molecule has 7 nitrogen and oxygen atoms in total. The Kier molecular flexibility index (Phi) is 5.81. The second-order valence-electron chi connectivity index (χ2n) is 7.57. The number of methoxy groups -OCH3 is 1. The van der Waals surface area contributed by atoms with Gasteiger partial charge in [-0.1, -0.05) is 12.5 Å². The number of amides is 3. The number of likely N-dealkylation sites (tertiary alicyclic amines) is 1. The fourth-order valence-corrected chi connectivity index (χ4v) is 3.98. The van der Waals surface area contributed by atoms with Crippen LogP contribution in [-0.2, 0) is 0 Å². The predicted octanol–water partition coefficient (Wildman–Crippen LogP) is 2.71. The molecule has 3 amide bonds. The van der Waals surface area contributed by atoms with Crippen molar-refractivity contribution in [3.63, 3.8) is 0 Å². The van der Waals surface area contributed by atoms with Crippen LogP contribution < -0.4 is 15.0 Å². The highest BCUT2D eigenvalue weighted by molar-refractivity contribution is 6.34. The number of ether oxygens (including phenoxy) is 1. The molecular formula is C23H25N3O4. The average Bonchev–Trinajstić information content (AvgIpc) is 3.04. The van der Waals surface area contributed by atoms with Gasteiger partial charge in [-0.25, -0.2) is 4.90 Å². The molecule has 0 radical (unpaired) electrons. The van der Waals surface area contributed by atoms with Crippen molar-refractivity contribution in [2.45, 2.75) is 19.3 Å². The van der Waals surface area contributed by atoms with Gasteiger partial charge in [0.25, 0.3) is 17.7 Å². The van der Waals surface area contributed by atoms with Crippen LogP contribution in [0, 0.1) is 0 Å². The second-order valence-corrected chi connectivity index (χ2v) is 7.57. The summed E-state index contributed by atoms with van der Waals surface area (Å²) in [6.07, 6.45) is 3.69. The number of piperidine rings is 1. The Labute approximate surface area is 175 Å². The number of hydrogen-bond donors (Lipinski definition) is 1. The lowest BCUT2D eigenvalue weighted by Crippen LogP contribution is -2.37. The fourth-order valence-electron chi connectivity index (χ4n) is 3.98. The number of imide groups is 1. The maximum Gasteiger partial charge on any atom is 0.266 e. The van der Waals surface area contributed by atoms with Crippen LogP contribution in [0.3, 0.4) is 0 Å². The first-order chi connectivity index (χ1) is 14.6. The van der Waals surface area contributed by atoms with Gasteiger partial charge in [0.15, 0.2) is 0 Å². The Bertz CT molecular complexity index is 982. The van der Waals surface area contributed by atoms with E-state index in [9.17, 15) is 14.4 Å². The first-order valence-corrected chi connectivity index (χ1v) is 10.3. The summed E-state index contributed by atoms with van der Waals surface area (Å²) in [6, 6.07) is 11.4. The summed E-state index contributed by atoms with van der Waals surface area (Å²) in [4.78, 5) is 41.7. The zero-order valence-corrected chi connectivity index (χ0v) is 17.0. The molecule has 1 saturated heterocycles. The summed E-state index contributed by atoms with van der Waals surface area (Å²) in [5, 5.41) is 2.91. The van der Waals surface area contributed by atoms with E-state index in [1.165, 1.54) is 32.4 Å². The van der Waals surface area contributed by atoms with Gasteiger partial charge < -0.3 is 15.0 Å². The molecule has 2 aliphatic heterocycles. The Hall–Kier alpha value is -3.19. The molecule has 156 valence electrons. The lowest BCUT2D eigenvalue weighted by atomic mass is 10.1. The van der Waals surface area contributed by atoms with Crippen LogP contribution >= 0.6 is 0 Å². The summed E-state index contributed by atoms with van der Waals surface area (Å²) in [5.41, 5.74) is 1.35. The lowest BCUT2D eigenvalue weighted by molar-refractivity contribution is 0.0923. The molecular weight excluding hydrogens is 382 g/mol. The minimum Gasteiger partial charge on any atom is -0.497 e. The minimum absolute atomic E-state index is 0.241. The van der Waals surface area contributed by atoms with E-state index in [4.69, 9.17) is 4.74 Å². The minimum atomic E-state index is -0.439. The molecule has 30 heavy (non-hydrogen) atoms. The Morgan fingerprint density at radius 3 is 2.53 bits per heavy atom. The average molecular weight is 407 g/mol. The molecule has 2 aromatic carbocycles. The van der Waals surface area contributed by atoms with Crippen molar-refractivity contribution in [1.82, 2.24) is 10.2 Å². The topological polar surface area (TPSA) is 79.0 Å². The van der Waals surface area contributed by atoms with Gasteiger partial charge in [-0.15, -0.1) is 0 Å². The normalized spacial score (nSPS) is 16.5. The molecule has 2 aromatic rings. The number of rotatable bonds is 6. The third kappa shape index (κ3) is 3.93. The van der Waals surface area contributed by atoms with Gasteiger partial charge in [0, 0.05) is 24.7 Å². The third-order valence-corrected chi connectivity index (χ3v) is 5.62. The molecule has 0 aromatic heterocycles. The van der Waals surface area contributed by atoms with Gasteiger partial charge in [0.05, 0.1) is 23.9 Å². The summed E-state index contributed by atoms with van der Waals surface area (Å²) >= 11 is 0. The van der Waals surface area contributed by atoms with Crippen LogP contribution in [-0.4, -0.2) is 55.9 Å². The first-order valence-electron chi connectivity index (χ1n) is 10.3. The Morgan fingerprint density at radius 2 is 1.77 bits per heavy atom. The van der Waals surface area contributed by atoms with Crippen molar-refractivity contribution in [3.05, 3.63) is 59.2 Å². The molecule has 0 aliphatic carbocycles. The van der Waals surface area contributed by atoms with Crippen molar-refractivity contribution >= 4 is 23.4 Å². The van der Waals surface area contributed by atoms with Crippen molar-refractivity contribution in [1.29, 1.82) is 0 Å². The van der Waals surface area contributed by atoms with Gasteiger partial charge in [-0.2, -0.15) is 0 Å². The van der Waals surface area contributed by atoms with Crippen molar-refractivity contribution in [2.24, 2.45) is 0 Å². The van der Waals surface area contributed by atoms with Crippen LogP contribution in [0.15, 0.2) is 42.5 Å². The largest absolute Gasteiger partial charge is 0.497 e. The highest BCUT2D eigenvalue weighted by Crippen LogP contribution is 2.31. The number of hydrogen-bond acceptors (Lipinski definition) is 5. The lowest BCUT2D eigenvalue weighted by Gasteiger charge is -2.26. The van der Waals surface area contributed by atoms with E-state index in [2.05, 4.69) is 10.2 Å². The van der Waals surface area contributed by atoms with Crippen LogP contribution in [0.1, 0.15) is 50.3 Å². The third-order valence-electron chi connectivity index (χ3n) is 5.62. The zero-order valence-electron chi connectivity index (χ0n) is 17.0. The summed E-state index contributed by atoms with van der Waals surface area (Å²) < 4.78 is 5.19. The van der Waals surface area contributed by atoms with Gasteiger partial charge in [0.2, 0.25) is 0 Å². The van der Waals surface area contributed by atoms with Gasteiger partial charge in [-0.05, 0) is 56.3 Å². The van der Waals surface area contributed by atoms with Gasteiger partial charge >= 0.3 is 0 Å². The molecule has 1 N–H and O–H groups in total. The van der Waals surface area contributed by atoms with E-state index in [0.717, 1.165) is 24.5 Å². The van der Waals surface area contributed by atoms with E-state index in [1.54, 1.807) is 36.4 Å². The van der Waals surface area contributed by atoms with Crippen molar-refractivity contribution in [2.75, 3.05) is 38.2 Å². The molecule has 1 fully saturated rings. The first kappa shape index (κ1) is 20.1. The molecule has 2 heterocycles. The van der Waals surface area contributed by atoms with Crippen molar-refractivity contribution in [3.8, 4) is 5.75 Å². The number of carbonyl (C=O) groups is 3. The summed E-state index contributed by atoms with van der Waals surface area (Å²) in [5.74, 6) is -0.528. The number of anilines is 1. The Balaban J connectivity index is 1.46. The zero-order chi connectivity index (χ0) is 21.1. The van der Waals surface area contributed by atoms with Gasteiger partial charge in [0.1, 0.15) is 5.75 Å². The van der Waals surface area contributed by atoms with Crippen LogP contribution in [0.25, 0.3) is 0 Å². The fraction of sp³-hybridized carbons (Fsp3) is 0.348. The monoisotopic (exact) mass is 407 g/mol. The molecule has 4 rings (SSSR count). The van der Waals surface area contributed by atoms with E-state index in [-0.39, 0.29) is 11.5 Å². The maximum absolute atomic E-state index is 12.9. The smallest absolute Gasteiger partial charge is 0.266 e. The SMILES string of the molecule is COc1cccc(N2C(=O)c3ccc(C(=O)NCCN4CCCCC4)cc3C2=O)c1. The van der Waals surface area contributed by atoms with E-state index in [1.807, 2.05) is 0 Å². The van der Waals surface area contributed by atoms with Crippen LogP contribution in [0.5, 0.6) is 5.75 Å². The van der Waals surface area contributed by atoms with E-state index in [0.29, 0.717) is 29.1 Å². The summed E-state index contributed by atoms with van der Waals surface area (Å²) in [6.45, 7) is 3.52. The molecule has 0 atom stereocenters. The van der Waals surface area contributed by atoms with Gasteiger partial charge in [-0.3, -0.25) is 14.4 Å². The number of nitrogens with zero attached hydrogens (tertiary/aromatic N) is 2. The highest BCUT2D eigenvalue weighted by Gasteiger charge is 2.37. The molecule has 0 bridgehead atoms. The van der Waals surface area contributed by atoms with E-state index < -0.39 is 11.8 Å². The standard InChI is InChI=1S/C23H25N3O4/c1-30-18-7-5-6-17(15-18)26-22(28)19-9-8-16(14-20(19)23(26)29)21(27)24-10-13-25-11-3-2-4-12-25/h5-9,14-15H,2-4,10-13H2,1H3,(H,24,27). The van der Waals surface area contributed by atoms with Crippen molar-refractivity contribution < 1.29 is 19.1 Å². The van der Waals surface area contributed by atoms with E-state index >= 15 is 0 Å². The molecule has 0 saturated carbocycles. The van der Waals surface area contributed by atoms with Crippen LogP contribution in [0.4, 0.5) is 5.69 Å². The quantitative estimate of drug-likeness (QED) is 0.745. The molecule has 0 spiro atoms.